The van der Waals surface area contributed by atoms with Crippen LogP contribution in [-0.2, 0) is 6.42 Å². The highest BCUT2D eigenvalue weighted by Crippen LogP contribution is 2.40. The summed E-state index contributed by atoms with van der Waals surface area (Å²) in [4.78, 5) is 8.83. The molecule has 3 heteroatoms. The molecule has 1 aliphatic heterocycles. The third kappa shape index (κ3) is 5.58. The Bertz CT molecular complexity index is 1140. The van der Waals surface area contributed by atoms with Crippen molar-refractivity contribution in [1.29, 1.82) is 0 Å². The number of anilines is 1. The van der Waals surface area contributed by atoms with Gasteiger partial charge in [-0.05, 0) is 91.5 Å². The quantitative estimate of drug-likeness (QED) is 0.361. The molecule has 1 heterocycles. The number of hydrogen-bond acceptors (Lipinski definition) is 3. The van der Waals surface area contributed by atoms with Gasteiger partial charge in [0.15, 0.2) is 0 Å². The van der Waals surface area contributed by atoms with Gasteiger partial charge in [-0.15, -0.1) is 0 Å². The van der Waals surface area contributed by atoms with E-state index in [1.807, 2.05) is 6.08 Å². The molecule has 0 N–H and O–H groups in total. The van der Waals surface area contributed by atoms with E-state index in [4.69, 9.17) is 4.99 Å². The van der Waals surface area contributed by atoms with E-state index in [9.17, 15) is 0 Å². The van der Waals surface area contributed by atoms with E-state index in [0.29, 0.717) is 5.92 Å². The molecular weight excluding hydrogens is 432 g/mol. The van der Waals surface area contributed by atoms with Crippen LogP contribution >= 0.6 is 11.8 Å². The number of aryl methyl sites for hydroxylation is 3. The Kier molecular flexibility index (Phi) is 9.02. The zero-order chi connectivity index (χ0) is 24.8. The fraction of sp³-hybridized carbons (Fsp3) is 0.387. The summed E-state index contributed by atoms with van der Waals surface area (Å²) in [6.07, 6.45) is 7.27. The highest BCUT2D eigenvalue weighted by molar-refractivity contribution is 8.07. The molecule has 1 aliphatic rings. The van der Waals surface area contributed by atoms with Crippen LogP contribution in [0, 0.1) is 13.8 Å². The van der Waals surface area contributed by atoms with Crippen molar-refractivity contribution >= 4 is 34.9 Å². The number of hydrogen-bond donors (Lipinski definition) is 0. The number of rotatable bonds is 9. The lowest BCUT2D eigenvalue weighted by atomic mass is 9.85. The van der Waals surface area contributed by atoms with Crippen molar-refractivity contribution in [2.75, 3.05) is 18.5 Å². The molecule has 2 aromatic carbocycles. The van der Waals surface area contributed by atoms with Gasteiger partial charge in [-0.2, -0.15) is 0 Å². The first kappa shape index (κ1) is 26.1. The molecule has 0 saturated carbocycles. The number of nitrogens with zero attached hydrogens (tertiary/aromatic N) is 2. The fourth-order valence-corrected chi connectivity index (χ4v) is 5.82. The van der Waals surface area contributed by atoms with Crippen molar-refractivity contribution in [1.82, 2.24) is 0 Å². The van der Waals surface area contributed by atoms with E-state index < -0.39 is 0 Å². The summed E-state index contributed by atoms with van der Waals surface area (Å²) in [5.74, 6) is 0.396. The van der Waals surface area contributed by atoms with Crippen molar-refractivity contribution in [3.8, 4) is 0 Å². The predicted octanol–water partition coefficient (Wildman–Crippen LogP) is 9.16. The molecule has 0 bridgehead atoms. The topological polar surface area (TPSA) is 15.6 Å². The van der Waals surface area contributed by atoms with E-state index in [1.54, 1.807) is 11.8 Å². The average molecular weight is 473 g/mol. The van der Waals surface area contributed by atoms with Crippen molar-refractivity contribution < 1.29 is 0 Å². The maximum Gasteiger partial charge on any atom is 0.0781 e. The summed E-state index contributed by atoms with van der Waals surface area (Å²) in [5.41, 5.74) is 11.3. The monoisotopic (exact) mass is 472 g/mol. The van der Waals surface area contributed by atoms with Crippen LogP contribution in [0.3, 0.4) is 0 Å². The molecule has 0 fully saturated rings. The van der Waals surface area contributed by atoms with Crippen LogP contribution in [0.25, 0.3) is 6.08 Å². The molecule has 1 unspecified atom stereocenters. The predicted molar refractivity (Wildman–Crippen MR) is 155 cm³/mol. The van der Waals surface area contributed by atoms with Crippen LogP contribution in [0.5, 0.6) is 0 Å². The minimum Gasteiger partial charge on any atom is -0.374 e. The van der Waals surface area contributed by atoms with E-state index >= 15 is 0 Å². The van der Waals surface area contributed by atoms with Gasteiger partial charge in [-0.1, -0.05) is 69.0 Å². The van der Waals surface area contributed by atoms with Crippen molar-refractivity contribution in [2.24, 2.45) is 4.99 Å². The minimum absolute atomic E-state index is 0.396. The lowest BCUT2D eigenvalue weighted by Gasteiger charge is -2.23. The van der Waals surface area contributed by atoms with Gasteiger partial charge in [-0.25, -0.2) is 4.99 Å². The molecule has 180 valence electrons. The van der Waals surface area contributed by atoms with Crippen LogP contribution in [0.1, 0.15) is 74.3 Å². The standard InChI is InChI=1S/C31H40N2S/c1-9-16-33(8)30-20-24(10-2)29(19-25(30)11-3)32-28-15-17-34-31(28)23(7)26(12-4)27-14-13-21(5)18-22(27)6/h11,13-15,17-20,26H,3,9-10,12,16H2,1-2,4-8H3/b31-23-,32-28-. The van der Waals surface area contributed by atoms with Gasteiger partial charge < -0.3 is 4.90 Å². The largest absolute Gasteiger partial charge is 0.374 e. The molecule has 0 saturated heterocycles. The maximum atomic E-state index is 5.22. The molecule has 1 atom stereocenters. The summed E-state index contributed by atoms with van der Waals surface area (Å²) in [6, 6.07) is 11.4. The van der Waals surface area contributed by atoms with Crippen molar-refractivity contribution in [3.05, 3.63) is 86.7 Å². The molecule has 0 spiro atoms. The van der Waals surface area contributed by atoms with E-state index in [2.05, 4.69) is 102 Å². The summed E-state index contributed by atoms with van der Waals surface area (Å²) in [7, 11) is 2.16. The Hall–Kier alpha value is -2.52. The van der Waals surface area contributed by atoms with Crippen molar-refractivity contribution in [3.63, 3.8) is 0 Å². The van der Waals surface area contributed by atoms with Crippen LogP contribution < -0.4 is 4.90 Å². The third-order valence-electron chi connectivity index (χ3n) is 6.77. The Labute approximate surface area is 211 Å². The molecule has 3 rings (SSSR count). The molecule has 2 aromatic rings. The SMILES string of the molecule is C=Cc1cc(/N=C2/C=CS/C2=C(/C)C(CC)c2ccc(C)cc2C)c(CC)cc1N(C)CCC. The lowest BCUT2D eigenvalue weighted by Crippen LogP contribution is -2.19. The first-order chi connectivity index (χ1) is 16.3. The molecule has 0 aliphatic carbocycles. The number of aliphatic imine (C=N–C) groups is 1. The second-order valence-electron chi connectivity index (χ2n) is 9.27. The zero-order valence-electron chi connectivity index (χ0n) is 22.0. The van der Waals surface area contributed by atoms with Gasteiger partial charge in [0.2, 0.25) is 0 Å². The summed E-state index contributed by atoms with van der Waals surface area (Å²) in [5, 5.41) is 2.18. The summed E-state index contributed by atoms with van der Waals surface area (Å²) >= 11 is 1.80. The first-order valence-electron chi connectivity index (χ1n) is 12.5. The summed E-state index contributed by atoms with van der Waals surface area (Å²) in [6.45, 7) is 18.5. The molecule has 34 heavy (non-hydrogen) atoms. The average Bonchev–Trinajstić information content (AvgIpc) is 3.28. The van der Waals surface area contributed by atoms with E-state index in [0.717, 1.165) is 42.8 Å². The second-order valence-corrected chi connectivity index (χ2v) is 10.2. The van der Waals surface area contributed by atoms with Crippen LogP contribution in [0.2, 0.25) is 0 Å². The zero-order valence-corrected chi connectivity index (χ0v) is 22.9. The van der Waals surface area contributed by atoms with Gasteiger partial charge in [-0.3, -0.25) is 0 Å². The highest BCUT2D eigenvalue weighted by atomic mass is 32.2. The maximum absolute atomic E-state index is 5.22. The Morgan fingerprint density at radius 2 is 1.91 bits per heavy atom. The Balaban J connectivity index is 2.07. The Morgan fingerprint density at radius 1 is 1.15 bits per heavy atom. The van der Waals surface area contributed by atoms with Crippen LogP contribution in [-0.4, -0.2) is 19.3 Å². The van der Waals surface area contributed by atoms with Crippen LogP contribution in [0.4, 0.5) is 11.4 Å². The van der Waals surface area contributed by atoms with Gasteiger partial charge >= 0.3 is 0 Å². The van der Waals surface area contributed by atoms with Gasteiger partial charge in [0.05, 0.1) is 11.4 Å². The van der Waals surface area contributed by atoms with E-state index in [-0.39, 0.29) is 0 Å². The van der Waals surface area contributed by atoms with Gasteiger partial charge in [0.1, 0.15) is 0 Å². The second kappa shape index (κ2) is 11.8. The van der Waals surface area contributed by atoms with Crippen molar-refractivity contribution in [2.45, 2.75) is 66.7 Å². The minimum atomic E-state index is 0.396. The van der Waals surface area contributed by atoms with E-state index in [1.165, 1.54) is 38.4 Å². The van der Waals surface area contributed by atoms with Gasteiger partial charge in [0, 0.05) is 30.1 Å². The van der Waals surface area contributed by atoms with Gasteiger partial charge in [0.25, 0.3) is 0 Å². The smallest absolute Gasteiger partial charge is 0.0781 e. The molecular formula is C31H40N2S. The molecule has 0 aromatic heterocycles. The molecule has 0 radical (unpaired) electrons. The number of benzene rings is 2. The fourth-order valence-electron chi connectivity index (χ4n) is 4.92. The lowest BCUT2D eigenvalue weighted by molar-refractivity contribution is 0.753. The normalized spacial score (nSPS) is 16.7. The third-order valence-corrected chi connectivity index (χ3v) is 7.81. The highest BCUT2D eigenvalue weighted by Gasteiger charge is 2.22. The summed E-state index contributed by atoms with van der Waals surface area (Å²) < 4.78 is 0. The Morgan fingerprint density at radius 3 is 2.53 bits per heavy atom. The molecule has 0 amide bonds. The van der Waals surface area contributed by atoms with Crippen LogP contribution in [0.15, 0.2) is 63.9 Å². The number of allylic oxidation sites excluding steroid dienone is 3. The number of thioether (sulfide) groups is 1. The molecule has 2 nitrogen and oxygen atoms in total. The first-order valence-corrected chi connectivity index (χ1v) is 13.4.